The summed E-state index contributed by atoms with van der Waals surface area (Å²) in [5.41, 5.74) is 13.6. The molecule has 3 nitrogen and oxygen atoms in total. The van der Waals surface area contributed by atoms with Gasteiger partial charge in [-0.05, 0) is 109 Å². The molecule has 0 amide bonds. The van der Waals surface area contributed by atoms with Crippen molar-refractivity contribution in [2.45, 2.75) is 93.0 Å². The van der Waals surface area contributed by atoms with Gasteiger partial charge in [-0.2, -0.15) is 0 Å². The summed E-state index contributed by atoms with van der Waals surface area (Å²) in [6.07, 6.45) is 20.2. The van der Waals surface area contributed by atoms with E-state index >= 15 is 0 Å². The van der Waals surface area contributed by atoms with Crippen molar-refractivity contribution in [1.29, 1.82) is 0 Å². The zero-order valence-electron chi connectivity index (χ0n) is 24.1. The van der Waals surface area contributed by atoms with Crippen LogP contribution in [0.2, 0.25) is 0 Å². The van der Waals surface area contributed by atoms with Crippen LogP contribution < -0.4 is 11.6 Å². The molecule has 0 aliphatic heterocycles. The Kier molecular flexibility index (Phi) is 10.1. The lowest BCUT2D eigenvalue weighted by Gasteiger charge is -2.58. The van der Waals surface area contributed by atoms with Gasteiger partial charge in [-0.25, -0.2) is 5.01 Å². The van der Waals surface area contributed by atoms with Gasteiger partial charge in [0.2, 0.25) is 0 Å². The summed E-state index contributed by atoms with van der Waals surface area (Å²) in [5, 5.41) is 2.01. The molecule has 5 rings (SSSR count). The molecule has 0 saturated heterocycles. The van der Waals surface area contributed by atoms with Crippen LogP contribution in [0.4, 0.5) is 0 Å². The standard InChI is InChI=1S/C32H45N3.C2H6.CH4/c1-5-7-23-8-9-24(20-22(23)6-2)28-12-13-29-27-11-10-25-21-26(35(34)19-18-33)14-16-31(25,3)30(27)15-17-32(28,29)4;1-2;/h5-10,12,20,26-27,29-30H,2,11,13-19,21,33-34H2,1,3-4H3;1-2H3;1H4/b7-5-;;. The third-order valence-electron chi connectivity index (χ3n) is 10.5. The molecule has 3 heteroatoms. The lowest BCUT2D eigenvalue weighted by atomic mass is 9.47. The Hall–Kier alpha value is -1.94. The van der Waals surface area contributed by atoms with Gasteiger partial charge in [0.05, 0.1) is 0 Å². The molecule has 210 valence electrons. The molecule has 2 fully saturated rings. The van der Waals surface area contributed by atoms with Crippen molar-refractivity contribution >= 4 is 17.7 Å². The zero-order chi connectivity index (χ0) is 26.8. The predicted octanol–water partition coefficient (Wildman–Crippen LogP) is 8.48. The summed E-state index contributed by atoms with van der Waals surface area (Å²) in [6.45, 7) is 16.7. The number of hydrazine groups is 1. The van der Waals surface area contributed by atoms with E-state index < -0.39 is 0 Å². The van der Waals surface area contributed by atoms with Gasteiger partial charge in [0, 0.05) is 19.1 Å². The highest BCUT2D eigenvalue weighted by Gasteiger charge is 2.56. The van der Waals surface area contributed by atoms with E-state index in [1.54, 1.807) is 11.1 Å². The second kappa shape index (κ2) is 12.5. The number of allylic oxidation sites excluding steroid dienone is 4. The van der Waals surface area contributed by atoms with Crippen LogP contribution in [0, 0.1) is 28.6 Å². The average molecular weight is 518 g/mol. The van der Waals surface area contributed by atoms with Crippen LogP contribution in [0.15, 0.2) is 48.6 Å². The smallest absolute Gasteiger partial charge is 0.0279 e. The Balaban J connectivity index is 0.00000130. The normalized spacial score (nSPS) is 33.7. The summed E-state index contributed by atoms with van der Waals surface area (Å²) in [5.74, 6) is 8.70. The molecule has 0 bridgehead atoms. The zero-order valence-corrected chi connectivity index (χ0v) is 24.1. The van der Waals surface area contributed by atoms with Crippen molar-refractivity contribution in [3.05, 3.63) is 65.3 Å². The summed E-state index contributed by atoms with van der Waals surface area (Å²) < 4.78 is 0. The molecular weight excluding hydrogens is 462 g/mol. The average Bonchev–Trinajstić information content (AvgIpc) is 3.27. The minimum atomic E-state index is 0. The predicted molar refractivity (Wildman–Crippen MR) is 168 cm³/mol. The number of nitrogens with zero attached hydrogens (tertiary/aromatic N) is 1. The Labute approximate surface area is 234 Å². The van der Waals surface area contributed by atoms with Crippen LogP contribution in [0.3, 0.4) is 0 Å². The molecule has 6 unspecified atom stereocenters. The first kappa shape index (κ1) is 30.6. The quantitative estimate of drug-likeness (QED) is 0.226. The summed E-state index contributed by atoms with van der Waals surface area (Å²) in [6, 6.07) is 7.44. The third-order valence-corrected chi connectivity index (χ3v) is 10.5. The van der Waals surface area contributed by atoms with Crippen LogP contribution >= 0.6 is 0 Å². The van der Waals surface area contributed by atoms with Gasteiger partial charge >= 0.3 is 0 Å². The number of fused-ring (bicyclic) bond motifs is 5. The number of rotatable bonds is 6. The highest BCUT2D eigenvalue weighted by molar-refractivity contribution is 5.77. The summed E-state index contributed by atoms with van der Waals surface area (Å²) in [7, 11) is 0. The molecule has 0 aromatic heterocycles. The molecule has 1 aromatic rings. The fourth-order valence-corrected chi connectivity index (χ4v) is 8.52. The molecule has 0 spiro atoms. The topological polar surface area (TPSA) is 55.3 Å². The van der Waals surface area contributed by atoms with Crippen molar-refractivity contribution < 1.29 is 0 Å². The highest BCUT2D eigenvalue weighted by atomic mass is 15.4. The Morgan fingerprint density at radius 3 is 2.45 bits per heavy atom. The maximum absolute atomic E-state index is 6.37. The SMILES string of the molecule is C.C=Cc1cc(C2=CCC3C4CC=C5CC(N(N)CCN)CCC5(C)C4CCC23C)ccc1/C=C\C.CC. The van der Waals surface area contributed by atoms with Gasteiger partial charge in [0.1, 0.15) is 0 Å². The molecule has 0 radical (unpaired) electrons. The van der Waals surface area contributed by atoms with Gasteiger partial charge in [-0.3, -0.25) is 5.84 Å². The first-order chi connectivity index (χ1) is 17.9. The second-order valence-corrected chi connectivity index (χ2v) is 12.0. The van der Waals surface area contributed by atoms with Gasteiger partial charge < -0.3 is 5.73 Å². The highest BCUT2D eigenvalue weighted by Crippen LogP contribution is 2.66. The molecule has 4 aliphatic carbocycles. The van der Waals surface area contributed by atoms with Crippen molar-refractivity contribution in [3.8, 4) is 0 Å². The molecule has 0 heterocycles. The van der Waals surface area contributed by atoms with Crippen LogP contribution in [0.1, 0.15) is 104 Å². The van der Waals surface area contributed by atoms with Gasteiger partial charge in [-0.1, -0.05) is 89.8 Å². The van der Waals surface area contributed by atoms with E-state index in [2.05, 4.69) is 69.9 Å². The lowest BCUT2D eigenvalue weighted by Crippen LogP contribution is -2.53. The largest absolute Gasteiger partial charge is 0.329 e. The molecular formula is C35H55N3. The fourth-order valence-electron chi connectivity index (χ4n) is 8.52. The second-order valence-electron chi connectivity index (χ2n) is 12.0. The van der Waals surface area contributed by atoms with Crippen molar-refractivity contribution in [3.63, 3.8) is 0 Å². The van der Waals surface area contributed by atoms with E-state index in [4.69, 9.17) is 11.6 Å². The monoisotopic (exact) mass is 517 g/mol. The summed E-state index contributed by atoms with van der Waals surface area (Å²) >= 11 is 0. The lowest BCUT2D eigenvalue weighted by molar-refractivity contribution is -0.0188. The van der Waals surface area contributed by atoms with E-state index in [0.717, 1.165) is 30.7 Å². The molecule has 4 aliphatic rings. The number of nitrogens with two attached hydrogens (primary N) is 2. The number of hydrogen-bond acceptors (Lipinski definition) is 3. The van der Waals surface area contributed by atoms with E-state index in [1.165, 1.54) is 55.2 Å². The number of benzene rings is 1. The van der Waals surface area contributed by atoms with E-state index in [0.29, 0.717) is 18.0 Å². The Morgan fingerprint density at radius 1 is 1.03 bits per heavy atom. The Bertz CT molecular complexity index is 1060. The van der Waals surface area contributed by atoms with E-state index in [1.807, 2.05) is 24.9 Å². The molecule has 2 saturated carbocycles. The maximum atomic E-state index is 6.37. The van der Waals surface area contributed by atoms with Crippen LogP contribution in [-0.4, -0.2) is 24.1 Å². The van der Waals surface area contributed by atoms with Crippen LogP contribution in [-0.2, 0) is 0 Å². The van der Waals surface area contributed by atoms with Crippen LogP contribution in [0.25, 0.3) is 17.7 Å². The third kappa shape index (κ3) is 5.15. The fraction of sp³-hybridized carbons (Fsp3) is 0.600. The Morgan fingerprint density at radius 2 is 1.76 bits per heavy atom. The van der Waals surface area contributed by atoms with Crippen LogP contribution in [0.5, 0.6) is 0 Å². The van der Waals surface area contributed by atoms with Gasteiger partial charge in [0.15, 0.2) is 0 Å². The molecule has 6 atom stereocenters. The van der Waals surface area contributed by atoms with Gasteiger partial charge in [-0.15, -0.1) is 0 Å². The number of hydrogen-bond donors (Lipinski definition) is 2. The molecule has 38 heavy (non-hydrogen) atoms. The molecule has 4 N–H and O–H groups in total. The maximum Gasteiger partial charge on any atom is 0.0279 e. The molecule has 1 aromatic carbocycles. The van der Waals surface area contributed by atoms with E-state index in [-0.39, 0.29) is 12.8 Å². The van der Waals surface area contributed by atoms with Gasteiger partial charge in [0.25, 0.3) is 0 Å². The van der Waals surface area contributed by atoms with Crippen molar-refractivity contribution in [1.82, 2.24) is 5.01 Å². The van der Waals surface area contributed by atoms with Crippen molar-refractivity contribution in [2.75, 3.05) is 13.1 Å². The summed E-state index contributed by atoms with van der Waals surface area (Å²) in [4.78, 5) is 0. The minimum absolute atomic E-state index is 0. The minimum Gasteiger partial charge on any atom is -0.329 e. The first-order valence-corrected chi connectivity index (χ1v) is 14.9. The van der Waals surface area contributed by atoms with E-state index in [9.17, 15) is 0 Å². The van der Waals surface area contributed by atoms with Crippen molar-refractivity contribution in [2.24, 2.45) is 40.2 Å². The first-order valence-electron chi connectivity index (χ1n) is 14.9.